The van der Waals surface area contributed by atoms with Crippen molar-refractivity contribution in [3.05, 3.63) is 29.0 Å². The highest BCUT2D eigenvalue weighted by molar-refractivity contribution is 6.74. The Labute approximate surface area is 198 Å². The molecule has 2 heterocycles. The Balaban J connectivity index is 2.16. The fraction of sp³-hybridized carbons (Fsp3) is 0.739. The molecule has 2 rings (SSSR count). The second-order valence-electron chi connectivity index (χ2n) is 11.8. The molecule has 1 fully saturated rings. The number of nitrogens with zero attached hydrogens (tertiary/aromatic N) is 4. The van der Waals surface area contributed by atoms with Crippen LogP contribution in [0.2, 0.25) is 18.1 Å². The summed E-state index contributed by atoms with van der Waals surface area (Å²) in [5.74, 6) is -0.280. The van der Waals surface area contributed by atoms with Gasteiger partial charge in [-0.3, -0.25) is 4.79 Å². The summed E-state index contributed by atoms with van der Waals surface area (Å²) in [6.45, 7) is 21.1. The van der Waals surface area contributed by atoms with Crippen molar-refractivity contribution in [2.45, 2.75) is 91.3 Å². The van der Waals surface area contributed by atoms with Gasteiger partial charge < -0.3 is 24.2 Å². The monoisotopic (exact) mass is 480 g/mol. The van der Waals surface area contributed by atoms with Gasteiger partial charge in [-0.15, -0.1) is 0 Å². The minimum absolute atomic E-state index is 0.00420. The van der Waals surface area contributed by atoms with Crippen molar-refractivity contribution in [1.29, 1.82) is 0 Å². The Hall–Kier alpha value is -2.20. The van der Waals surface area contributed by atoms with Gasteiger partial charge in [0.1, 0.15) is 11.3 Å². The molecular formula is C23H40N4O5Si. The molecule has 0 radical (unpaired) electrons. The fourth-order valence-corrected chi connectivity index (χ4v) is 4.23. The van der Waals surface area contributed by atoms with Crippen LogP contribution in [0.1, 0.15) is 71.6 Å². The molecule has 1 aliphatic heterocycles. The maximum Gasteiger partial charge on any atom is 0.410 e. The van der Waals surface area contributed by atoms with E-state index >= 15 is 0 Å². The van der Waals surface area contributed by atoms with E-state index in [2.05, 4.69) is 38.8 Å². The van der Waals surface area contributed by atoms with E-state index in [-0.39, 0.29) is 23.2 Å². The highest BCUT2D eigenvalue weighted by atomic mass is 28.4. The third-order valence-electron chi connectivity index (χ3n) is 6.29. The largest absolute Gasteiger partial charge is 0.711 e. The van der Waals surface area contributed by atoms with Crippen LogP contribution in [0, 0.1) is 5.21 Å². The quantitative estimate of drug-likeness (QED) is 0.370. The van der Waals surface area contributed by atoms with Gasteiger partial charge in [0.05, 0.1) is 12.1 Å². The summed E-state index contributed by atoms with van der Waals surface area (Å²) in [6, 6.07) is 1.51. The van der Waals surface area contributed by atoms with E-state index in [9.17, 15) is 14.8 Å². The second-order valence-corrected chi connectivity index (χ2v) is 16.6. The zero-order valence-corrected chi connectivity index (χ0v) is 22.8. The van der Waals surface area contributed by atoms with Gasteiger partial charge in [0.2, 0.25) is 5.69 Å². The topological polar surface area (TPSA) is 98.9 Å². The van der Waals surface area contributed by atoms with Crippen molar-refractivity contribution in [3.8, 4) is 0 Å². The number of ether oxygens (including phenoxy) is 1. The van der Waals surface area contributed by atoms with E-state index in [4.69, 9.17) is 9.16 Å². The van der Waals surface area contributed by atoms with Crippen LogP contribution in [0.4, 0.5) is 4.79 Å². The molecule has 1 saturated heterocycles. The number of carbonyl (C=O) groups is 2. The lowest BCUT2D eigenvalue weighted by atomic mass is 9.98. The van der Waals surface area contributed by atoms with Crippen LogP contribution in [0.25, 0.3) is 0 Å². The van der Waals surface area contributed by atoms with Crippen molar-refractivity contribution in [1.82, 2.24) is 14.8 Å². The zero-order chi connectivity index (χ0) is 25.4. The number of hydrogen-bond donors (Lipinski definition) is 0. The Morgan fingerprint density at radius 3 is 2.30 bits per heavy atom. The van der Waals surface area contributed by atoms with Crippen LogP contribution in [-0.4, -0.2) is 65.9 Å². The van der Waals surface area contributed by atoms with Crippen molar-refractivity contribution < 1.29 is 23.5 Å². The third kappa shape index (κ3) is 6.66. The molecule has 9 nitrogen and oxygen atoms in total. The maximum absolute atomic E-state index is 13.3. The normalized spacial score (nSPS) is 17.2. The molecule has 0 aromatic carbocycles. The molecule has 2 amide bonds. The SMILES string of the molecule is CC(C)(C)OC(=O)N1CCN(C(=O)c2cc(CO[Si](C)(C)C(C)(C)C)[n+]([O-])cn2)C(C)(C)C1. The Morgan fingerprint density at radius 2 is 1.79 bits per heavy atom. The maximum atomic E-state index is 13.3. The minimum atomic E-state index is -2.06. The van der Waals surface area contributed by atoms with E-state index in [1.54, 1.807) is 9.80 Å². The molecule has 186 valence electrons. The molecule has 0 aliphatic carbocycles. The lowest BCUT2D eigenvalue weighted by Crippen LogP contribution is -2.62. The van der Waals surface area contributed by atoms with Gasteiger partial charge in [-0.2, -0.15) is 0 Å². The fourth-order valence-electron chi connectivity index (χ4n) is 3.29. The van der Waals surface area contributed by atoms with Gasteiger partial charge in [0.25, 0.3) is 12.2 Å². The van der Waals surface area contributed by atoms with Gasteiger partial charge >= 0.3 is 6.09 Å². The Kier molecular flexibility index (Phi) is 7.55. The molecule has 1 aliphatic rings. The van der Waals surface area contributed by atoms with Crippen LogP contribution in [0.3, 0.4) is 0 Å². The van der Waals surface area contributed by atoms with Crippen molar-refractivity contribution in [2.24, 2.45) is 0 Å². The Morgan fingerprint density at radius 1 is 1.18 bits per heavy atom. The van der Waals surface area contributed by atoms with Crippen LogP contribution in [0.5, 0.6) is 0 Å². The van der Waals surface area contributed by atoms with E-state index < -0.39 is 25.6 Å². The molecule has 1 aromatic heterocycles. The molecule has 33 heavy (non-hydrogen) atoms. The zero-order valence-electron chi connectivity index (χ0n) is 21.8. The first-order valence-corrected chi connectivity index (χ1v) is 14.3. The first-order chi connectivity index (χ1) is 14.8. The number of rotatable bonds is 4. The van der Waals surface area contributed by atoms with E-state index in [1.165, 1.54) is 6.07 Å². The van der Waals surface area contributed by atoms with Crippen LogP contribution < -0.4 is 4.73 Å². The lowest BCUT2D eigenvalue weighted by Gasteiger charge is -2.46. The predicted molar refractivity (Wildman–Crippen MR) is 128 cm³/mol. The molecule has 0 atom stereocenters. The first kappa shape index (κ1) is 27.0. The van der Waals surface area contributed by atoms with Gasteiger partial charge in [0.15, 0.2) is 8.32 Å². The molecule has 0 N–H and O–H groups in total. The number of hydrogen-bond acceptors (Lipinski definition) is 6. The van der Waals surface area contributed by atoms with Crippen LogP contribution >= 0.6 is 0 Å². The smallest absolute Gasteiger partial charge is 0.410 e. The van der Waals surface area contributed by atoms with E-state index in [0.29, 0.717) is 30.1 Å². The molecule has 1 aromatic rings. The lowest BCUT2D eigenvalue weighted by molar-refractivity contribution is -0.619. The minimum Gasteiger partial charge on any atom is -0.711 e. The number of amides is 2. The summed E-state index contributed by atoms with van der Waals surface area (Å²) in [7, 11) is -2.06. The number of piperazine rings is 1. The highest BCUT2D eigenvalue weighted by Crippen LogP contribution is 2.37. The van der Waals surface area contributed by atoms with Crippen LogP contribution in [-0.2, 0) is 15.8 Å². The third-order valence-corrected chi connectivity index (χ3v) is 10.8. The molecule has 0 saturated carbocycles. The molecule has 0 bridgehead atoms. The van der Waals surface area contributed by atoms with Gasteiger partial charge in [-0.05, 0) is 57.7 Å². The van der Waals surface area contributed by atoms with Crippen molar-refractivity contribution in [2.75, 3.05) is 19.6 Å². The standard InChI is InChI=1S/C23H40N4O5Si/c1-21(2,3)32-20(29)25-11-12-26(23(7,8)15-25)19(28)18-13-17(27(30)16-24-18)14-31-33(9,10)22(4,5)6/h13,16H,11-12,14-15H2,1-10H3. The summed E-state index contributed by atoms with van der Waals surface area (Å²) in [5.41, 5.74) is -0.675. The number of carbonyl (C=O) groups excluding carboxylic acids is 2. The van der Waals surface area contributed by atoms with E-state index in [0.717, 1.165) is 6.33 Å². The van der Waals surface area contributed by atoms with Crippen molar-refractivity contribution >= 4 is 20.3 Å². The molecule has 10 heteroatoms. The van der Waals surface area contributed by atoms with Crippen molar-refractivity contribution in [3.63, 3.8) is 0 Å². The van der Waals surface area contributed by atoms with Gasteiger partial charge in [-0.25, -0.2) is 9.52 Å². The molecule has 0 spiro atoms. The highest BCUT2D eigenvalue weighted by Gasteiger charge is 2.41. The second kappa shape index (κ2) is 9.21. The first-order valence-electron chi connectivity index (χ1n) is 11.4. The van der Waals surface area contributed by atoms with Gasteiger partial charge in [-0.1, -0.05) is 20.8 Å². The van der Waals surface area contributed by atoms with E-state index in [1.807, 2.05) is 34.6 Å². The average Bonchev–Trinajstić information content (AvgIpc) is 2.63. The molecule has 0 unspecified atom stereocenters. The average molecular weight is 481 g/mol. The summed E-state index contributed by atoms with van der Waals surface area (Å²) in [4.78, 5) is 33.2. The van der Waals surface area contributed by atoms with Gasteiger partial charge in [0, 0.05) is 25.7 Å². The Bertz CT molecular complexity index is 890. The number of aromatic nitrogens is 2. The van der Waals surface area contributed by atoms with Crippen LogP contribution in [0.15, 0.2) is 12.4 Å². The summed E-state index contributed by atoms with van der Waals surface area (Å²) >= 11 is 0. The summed E-state index contributed by atoms with van der Waals surface area (Å²) < 4.78 is 12.3. The summed E-state index contributed by atoms with van der Waals surface area (Å²) in [5, 5.41) is 12.3. The predicted octanol–water partition coefficient (Wildman–Crippen LogP) is 3.71. The summed E-state index contributed by atoms with van der Waals surface area (Å²) in [6.07, 6.45) is 0.722. The molecular weight excluding hydrogens is 440 g/mol.